The minimum atomic E-state index is 0.574. The smallest absolute Gasteiger partial charge is 0.225 e. The maximum Gasteiger partial charge on any atom is 0.225 e. The fourth-order valence-corrected chi connectivity index (χ4v) is 4.21. The fourth-order valence-electron chi connectivity index (χ4n) is 4.11. The molecule has 1 aliphatic rings. The van der Waals surface area contributed by atoms with Gasteiger partial charge in [-0.2, -0.15) is 0 Å². The first-order valence-electron chi connectivity index (χ1n) is 10.8. The number of rotatable bonds is 8. The van der Waals surface area contributed by atoms with E-state index >= 15 is 0 Å². The molecule has 3 aromatic heterocycles. The number of anilines is 1. The zero-order valence-electron chi connectivity index (χ0n) is 17.9. The van der Waals surface area contributed by atoms with Crippen LogP contribution in [-0.2, 0) is 0 Å². The Balaban J connectivity index is 1.20. The molecular formula is C22H28ClN7O. The van der Waals surface area contributed by atoms with Crippen LogP contribution in [-0.4, -0.2) is 49.6 Å². The summed E-state index contributed by atoms with van der Waals surface area (Å²) in [6.07, 6.45) is 11.8. The minimum Gasteiger partial charge on any atom is -0.478 e. The Bertz CT molecular complexity index is 926. The minimum absolute atomic E-state index is 0.574. The highest BCUT2D eigenvalue weighted by molar-refractivity contribution is 6.30. The summed E-state index contributed by atoms with van der Waals surface area (Å²) in [7, 11) is 0. The summed E-state index contributed by atoms with van der Waals surface area (Å²) in [6, 6.07) is 3.81. The van der Waals surface area contributed by atoms with Crippen molar-refractivity contribution in [3.05, 3.63) is 48.1 Å². The van der Waals surface area contributed by atoms with Crippen LogP contribution in [0.2, 0.25) is 5.02 Å². The predicted molar refractivity (Wildman–Crippen MR) is 120 cm³/mol. The van der Waals surface area contributed by atoms with Gasteiger partial charge >= 0.3 is 0 Å². The van der Waals surface area contributed by atoms with Gasteiger partial charge in [0.15, 0.2) is 0 Å². The topological polar surface area (TPSA) is 81.9 Å². The van der Waals surface area contributed by atoms with Crippen molar-refractivity contribution in [3.63, 3.8) is 0 Å². The molecule has 31 heavy (non-hydrogen) atoms. The van der Waals surface area contributed by atoms with Gasteiger partial charge < -0.3 is 9.64 Å². The van der Waals surface area contributed by atoms with Crippen LogP contribution in [0.3, 0.4) is 0 Å². The van der Waals surface area contributed by atoms with Gasteiger partial charge in [-0.15, -0.1) is 5.10 Å². The van der Waals surface area contributed by atoms with Crippen LogP contribution < -0.4 is 9.64 Å². The molecule has 0 amide bonds. The Kier molecular flexibility index (Phi) is 6.96. The van der Waals surface area contributed by atoms with Crippen LogP contribution in [0.4, 0.5) is 5.95 Å². The first-order valence-corrected chi connectivity index (χ1v) is 11.2. The van der Waals surface area contributed by atoms with E-state index in [0.717, 1.165) is 44.0 Å². The SMILES string of the molecule is CC(CCOc1ccc(-n2ccnn2)cn1)C(C)C1CCN(c2ncc(Cl)cn2)CC1. The van der Waals surface area contributed by atoms with Crippen molar-refractivity contribution in [1.29, 1.82) is 0 Å². The average molecular weight is 442 g/mol. The molecule has 0 aliphatic carbocycles. The molecule has 3 aromatic rings. The molecule has 0 bridgehead atoms. The van der Waals surface area contributed by atoms with Crippen LogP contribution >= 0.6 is 11.6 Å². The molecule has 2 unspecified atom stereocenters. The molecule has 1 fully saturated rings. The Morgan fingerprint density at radius 1 is 1.10 bits per heavy atom. The number of halogens is 1. The molecule has 0 radical (unpaired) electrons. The lowest BCUT2D eigenvalue weighted by molar-refractivity contribution is 0.184. The van der Waals surface area contributed by atoms with E-state index in [4.69, 9.17) is 16.3 Å². The maximum atomic E-state index is 5.90. The number of aromatic nitrogens is 6. The lowest BCUT2D eigenvalue weighted by atomic mass is 9.77. The number of piperidine rings is 1. The van der Waals surface area contributed by atoms with Crippen LogP contribution in [0.15, 0.2) is 43.1 Å². The summed E-state index contributed by atoms with van der Waals surface area (Å²) in [6.45, 7) is 7.33. The van der Waals surface area contributed by atoms with Gasteiger partial charge in [0.2, 0.25) is 11.8 Å². The van der Waals surface area contributed by atoms with E-state index in [9.17, 15) is 0 Å². The second kappa shape index (κ2) is 10.0. The first-order chi connectivity index (χ1) is 15.1. The van der Waals surface area contributed by atoms with E-state index in [0.29, 0.717) is 35.3 Å². The summed E-state index contributed by atoms with van der Waals surface area (Å²) in [4.78, 5) is 15.3. The number of ether oxygens (including phenoxy) is 1. The molecule has 0 N–H and O–H groups in total. The highest BCUT2D eigenvalue weighted by atomic mass is 35.5. The van der Waals surface area contributed by atoms with Crippen molar-refractivity contribution in [2.75, 3.05) is 24.6 Å². The molecular weight excluding hydrogens is 414 g/mol. The van der Waals surface area contributed by atoms with Crippen molar-refractivity contribution < 1.29 is 4.74 Å². The van der Waals surface area contributed by atoms with E-state index in [1.807, 2.05) is 12.1 Å². The summed E-state index contributed by atoms with van der Waals surface area (Å²) < 4.78 is 7.55. The third kappa shape index (κ3) is 5.50. The van der Waals surface area contributed by atoms with Gasteiger partial charge in [0.05, 0.1) is 48.3 Å². The van der Waals surface area contributed by atoms with Gasteiger partial charge in [0.1, 0.15) is 0 Å². The Labute approximate surface area is 187 Å². The van der Waals surface area contributed by atoms with Crippen molar-refractivity contribution in [2.24, 2.45) is 17.8 Å². The van der Waals surface area contributed by atoms with Gasteiger partial charge in [-0.3, -0.25) is 0 Å². The molecule has 4 heterocycles. The van der Waals surface area contributed by atoms with Crippen molar-refractivity contribution in [3.8, 4) is 11.6 Å². The van der Waals surface area contributed by atoms with Gasteiger partial charge in [-0.25, -0.2) is 19.6 Å². The van der Waals surface area contributed by atoms with Gasteiger partial charge in [-0.05, 0) is 43.1 Å². The third-order valence-electron chi connectivity index (χ3n) is 6.30. The van der Waals surface area contributed by atoms with Crippen LogP contribution in [0.5, 0.6) is 5.88 Å². The molecule has 4 rings (SSSR count). The van der Waals surface area contributed by atoms with E-state index < -0.39 is 0 Å². The lowest BCUT2D eigenvalue weighted by Gasteiger charge is -2.37. The van der Waals surface area contributed by atoms with Gasteiger partial charge in [-0.1, -0.05) is 30.7 Å². The summed E-state index contributed by atoms with van der Waals surface area (Å²) in [5.41, 5.74) is 0.863. The van der Waals surface area contributed by atoms with Gasteiger partial charge in [0, 0.05) is 19.2 Å². The molecule has 8 nitrogen and oxygen atoms in total. The molecule has 0 spiro atoms. The second-order valence-electron chi connectivity index (χ2n) is 8.20. The van der Waals surface area contributed by atoms with Gasteiger partial charge in [0.25, 0.3) is 0 Å². The quantitative estimate of drug-likeness (QED) is 0.521. The number of pyridine rings is 1. The largest absolute Gasteiger partial charge is 0.478 e. The van der Waals surface area contributed by atoms with Crippen LogP contribution in [0, 0.1) is 17.8 Å². The van der Waals surface area contributed by atoms with Crippen molar-refractivity contribution in [2.45, 2.75) is 33.1 Å². The van der Waals surface area contributed by atoms with Crippen molar-refractivity contribution >= 4 is 17.5 Å². The lowest BCUT2D eigenvalue weighted by Crippen LogP contribution is -2.37. The molecule has 1 saturated heterocycles. The number of hydrogen-bond acceptors (Lipinski definition) is 7. The summed E-state index contributed by atoms with van der Waals surface area (Å²) in [5.74, 6) is 3.34. The third-order valence-corrected chi connectivity index (χ3v) is 6.50. The molecule has 164 valence electrons. The van der Waals surface area contributed by atoms with Crippen LogP contribution in [0.1, 0.15) is 33.1 Å². The molecule has 9 heteroatoms. The highest BCUT2D eigenvalue weighted by Gasteiger charge is 2.28. The maximum absolute atomic E-state index is 5.90. The highest BCUT2D eigenvalue weighted by Crippen LogP contribution is 2.32. The summed E-state index contributed by atoms with van der Waals surface area (Å²) in [5, 5.41) is 8.34. The number of nitrogens with zero attached hydrogens (tertiary/aromatic N) is 7. The standard InChI is InChI=1S/C22H28ClN7O/c1-16(7-12-31-21-4-3-20(15-24-21)30-11-8-27-28-30)17(2)18-5-9-29(10-6-18)22-25-13-19(23)14-26-22/h3-4,8,11,13-18H,5-7,9-10,12H2,1-2H3. The molecule has 0 aromatic carbocycles. The van der Waals surface area contributed by atoms with Crippen LogP contribution in [0.25, 0.3) is 5.69 Å². The average Bonchev–Trinajstić information content (AvgIpc) is 3.35. The Hall–Kier alpha value is -2.74. The van der Waals surface area contributed by atoms with E-state index in [-0.39, 0.29) is 0 Å². The first kappa shape index (κ1) is 21.5. The zero-order chi connectivity index (χ0) is 21.6. The normalized spacial score (nSPS) is 16.8. The Morgan fingerprint density at radius 2 is 1.87 bits per heavy atom. The zero-order valence-corrected chi connectivity index (χ0v) is 18.7. The van der Waals surface area contributed by atoms with E-state index in [2.05, 4.69) is 44.0 Å². The predicted octanol–water partition coefficient (Wildman–Crippen LogP) is 4.06. The monoisotopic (exact) mass is 441 g/mol. The molecule has 1 aliphatic heterocycles. The number of hydrogen-bond donors (Lipinski definition) is 0. The fraction of sp³-hybridized carbons (Fsp3) is 0.500. The van der Waals surface area contributed by atoms with E-state index in [1.54, 1.807) is 35.7 Å². The van der Waals surface area contributed by atoms with Crippen molar-refractivity contribution in [1.82, 2.24) is 29.9 Å². The molecule has 2 atom stereocenters. The Morgan fingerprint density at radius 3 is 2.52 bits per heavy atom. The summed E-state index contributed by atoms with van der Waals surface area (Å²) >= 11 is 5.90. The second-order valence-corrected chi connectivity index (χ2v) is 8.64. The van der Waals surface area contributed by atoms with E-state index in [1.165, 1.54) is 0 Å². The molecule has 0 saturated carbocycles.